The van der Waals surface area contributed by atoms with Gasteiger partial charge >= 0.3 is 0 Å². The van der Waals surface area contributed by atoms with Gasteiger partial charge in [-0.15, -0.1) is 0 Å². The maximum atomic E-state index is 6.61. The highest BCUT2D eigenvalue weighted by Crippen LogP contribution is 1.51. The zero-order chi connectivity index (χ0) is 6.95. The lowest BCUT2D eigenvalue weighted by molar-refractivity contribution is 1.92. The molecule has 0 aliphatic heterocycles. The SMILES string of the molecule is [2H]CC#CC#CC#CC. The third-order valence-corrected chi connectivity index (χ3v) is 0.401. The average Bonchev–Trinajstić information content (AvgIpc) is 1.89. The third-order valence-electron chi connectivity index (χ3n) is 0.401. The van der Waals surface area contributed by atoms with Crippen molar-refractivity contribution in [2.45, 2.75) is 13.8 Å². The number of hydrogen-bond donors (Lipinski definition) is 0. The molecule has 0 saturated carbocycles. The molecule has 0 fully saturated rings. The molecule has 0 N–H and O–H groups in total. The quantitative estimate of drug-likeness (QED) is 0.402. The van der Waals surface area contributed by atoms with Crippen molar-refractivity contribution >= 4 is 0 Å². The van der Waals surface area contributed by atoms with Crippen LogP contribution in [-0.2, 0) is 0 Å². The van der Waals surface area contributed by atoms with Crippen LogP contribution in [0.15, 0.2) is 0 Å². The van der Waals surface area contributed by atoms with Crippen LogP contribution < -0.4 is 0 Å². The van der Waals surface area contributed by atoms with Crippen LogP contribution in [0.3, 0.4) is 0 Å². The molecule has 0 unspecified atom stereocenters. The zero-order valence-corrected chi connectivity index (χ0v) is 4.71. The van der Waals surface area contributed by atoms with Crippen molar-refractivity contribution in [3.8, 4) is 35.5 Å². The number of hydrogen-bond acceptors (Lipinski definition) is 0. The molecule has 0 rings (SSSR count). The van der Waals surface area contributed by atoms with Crippen LogP contribution in [0.4, 0.5) is 0 Å². The first-order chi connectivity index (χ1) is 4.41. The molecule has 0 aliphatic rings. The summed E-state index contributed by atoms with van der Waals surface area (Å²) in [6, 6.07) is 0. The second kappa shape index (κ2) is 5.68. The van der Waals surface area contributed by atoms with Crippen LogP contribution in [0.1, 0.15) is 15.2 Å². The Balaban J connectivity index is 3.71. The lowest BCUT2D eigenvalue weighted by Gasteiger charge is -1.52. The normalized spacial score (nSPS) is 5.38. The van der Waals surface area contributed by atoms with Crippen molar-refractivity contribution in [1.29, 1.82) is 0 Å². The van der Waals surface area contributed by atoms with Crippen molar-refractivity contribution in [1.82, 2.24) is 0 Å². The van der Waals surface area contributed by atoms with E-state index < -0.39 is 0 Å². The Bertz CT molecular complexity index is 231. The predicted octanol–water partition coefficient (Wildman–Crippen LogP) is 1.04. The Kier molecular flexibility index (Phi) is 3.43. The minimum Gasteiger partial charge on any atom is -0.0925 e. The van der Waals surface area contributed by atoms with E-state index in [1.807, 2.05) is 0 Å². The average molecular weight is 103 g/mol. The Labute approximate surface area is 51.7 Å². The molecule has 0 heterocycles. The van der Waals surface area contributed by atoms with Gasteiger partial charge in [0.05, 0.1) is 0 Å². The summed E-state index contributed by atoms with van der Waals surface area (Å²) in [5.41, 5.74) is 0. The van der Waals surface area contributed by atoms with Gasteiger partial charge in [-0.2, -0.15) is 0 Å². The highest BCUT2D eigenvalue weighted by atomic mass is 13.5. The van der Waals surface area contributed by atoms with Gasteiger partial charge in [-0.3, -0.25) is 0 Å². The van der Waals surface area contributed by atoms with E-state index in [9.17, 15) is 0 Å². The van der Waals surface area contributed by atoms with Crippen LogP contribution in [0.2, 0.25) is 0 Å². The molecule has 0 spiro atoms. The van der Waals surface area contributed by atoms with Gasteiger partial charge in [0.15, 0.2) is 0 Å². The summed E-state index contributed by atoms with van der Waals surface area (Å²) in [6.07, 6.45) is 0. The second-order valence-electron chi connectivity index (χ2n) is 0.927. The maximum absolute atomic E-state index is 6.61. The van der Waals surface area contributed by atoms with Gasteiger partial charge in [0.2, 0.25) is 0 Å². The molecule has 0 saturated heterocycles. The Morgan fingerprint density at radius 1 is 1.00 bits per heavy atom. The monoisotopic (exact) mass is 103 g/mol. The van der Waals surface area contributed by atoms with E-state index in [0.29, 0.717) is 0 Å². The van der Waals surface area contributed by atoms with Gasteiger partial charge in [0.25, 0.3) is 0 Å². The summed E-state index contributed by atoms with van der Waals surface area (Å²) in [4.78, 5) is 0. The fraction of sp³-hybridized carbons (Fsp3) is 0.250. The van der Waals surface area contributed by atoms with Crippen LogP contribution in [0.25, 0.3) is 0 Å². The van der Waals surface area contributed by atoms with Gasteiger partial charge in [-0.05, 0) is 37.5 Å². The third kappa shape index (κ3) is 4.68. The summed E-state index contributed by atoms with van der Waals surface area (Å²) in [5, 5.41) is 0. The Morgan fingerprint density at radius 2 is 1.62 bits per heavy atom. The molecule has 0 nitrogen and oxygen atoms in total. The van der Waals surface area contributed by atoms with E-state index in [1.165, 1.54) is 0 Å². The van der Waals surface area contributed by atoms with Gasteiger partial charge in [0, 0.05) is 1.37 Å². The molecule has 0 amide bonds. The Morgan fingerprint density at radius 3 is 2.12 bits per heavy atom. The molecular weight excluding hydrogens is 96.1 g/mol. The zero-order valence-electron chi connectivity index (χ0n) is 5.71. The molecule has 0 aromatic heterocycles. The fourth-order valence-electron chi connectivity index (χ4n) is 0.169. The molecular formula is C8H6. The van der Waals surface area contributed by atoms with E-state index in [-0.39, 0.29) is 6.90 Å². The topological polar surface area (TPSA) is 0 Å². The molecule has 38 valence electrons. The molecule has 0 bridgehead atoms. The fourth-order valence-corrected chi connectivity index (χ4v) is 0.169. The van der Waals surface area contributed by atoms with E-state index in [2.05, 4.69) is 35.5 Å². The smallest absolute Gasteiger partial charge is 0.0366 e. The largest absolute Gasteiger partial charge is 0.0925 e. The lowest BCUT2D eigenvalue weighted by atomic mass is 10.5. The molecule has 0 aliphatic carbocycles. The highest BCUT2D eigenvalue weighted by molar-refractivity contribution is 5.34. The Hall–Kier alpha value is -1.32. The molecule has 0 heteroatoms. The minimum atomic E-state index is 0.105. The first-order valence-corrected chi connectivity index (χ1v) is 2.10. The number of rotatable bonds is 0. The van der Waals surface area contributed by atoms with Gasteiger partial charge in [0.1, 0.15) is 0 Å². The van der Waals surface area contributed by atoms with Gasteiger partial charge in [-0.1, -0.05) is 11.8 Å². The molecule has 0 aromatic rings. The van der Waals surface area contributed by atoms with Gasteiger partial charge in [-0.25, -0.2) is 0 Å². The van der Waals surface area contributed by atoms with Crippen molar-refractivity contribution in [3.05, 3.63) is 0 Å². The first-order valence-electron chi connectivity index (χ1n) is 2.81. The molecule has 0 atom stereocenters. The van der Waals surface area contributed by atoms with Crippen LogP contribution >= 0.6 is 0 Å². The summed E-state index contributed by atoms with van der Waals surface area (Å²) < 4.78 is 6.61. The summed E-state index contributed by atoms with van der Waals surface area (Å²) in [5.74, 6) is 15.1. The van der Waals surface area contributed by atoms with Crippen LogP contribution in [0, 0.1) is 35.5 Å². The van der Waals surface area contributed by atoms with Crippen molar-refractivity contribution < 1.29 is 1.37 Å². The van der Waals surface area contributed by atoms with E-state index in [4.69, 9.17) is 1.37 Å². The summed E-state index contributed by atoms with van der Waals surface area (Å²) in [7, 11) is 0. The van der Waals surface area contributed by atoms with Crippen molar-refractivity contribution in [3.63, 3.8) is 0 Å². The summed E-state index contributed by atoms with van der Waals surface area (Å²) in [6.45, 7) is 1.82. The van der Waals surface area contributed by atoms with Gasteiger partial charge < -0.3 is 0 Å². The van der Waals surface area contributed by atoms with E-state index in [1.54, 1.807) is 6.92 Å². The predicted molar refractivity (Wildman–Crippen MR) is 34.7 cm³/mol. The second-order valence-corrected chi connectivity index (χ2v) is 0.927. The van der Waals surface area contributed by atoms with Crippen molar-refractivity contribution in [2.75, 3.05) is 0 Å². The molecule has 0 aromatic carbocycles. The lowest BCUT2D eigenvalue weighted by Crippen LogP contribution is -1.48. The van der Waals surface area contributed by atoms with E-state index >= 15 is 0 Å². The standard InChI is InChI=1S/C8H6/c1-3-5-7-8-6-4-2/h1-2H3/i1D. The van der Waals surface area contributed by atoms with E-state index in [0.717, 1.165) is 0 Å². The summed E-state index contributed by atoms with van der Waals surface area (Å²) >= 11 is 0. The highest BCUT2D eigenvalue weighted by Gasteiger charge is 1.48. The minimum absolute atomic E-state index is 0.105. The molecule has 0 radical (unpaired) electrons. The first kappa shape index (κ1) is 4.83. The molecule has 8 heavy (non-hydrogen) atoms. The van der Waals surface area contributed by atoms with Crippen molar-refractivity contribution in [2.24, 2.45) is 0 Å². The van der Waals surface area contributed by atoms with Crippen LogP contribution in [0.5, 0.6) is 0 Å². The maximum Gasteiger partial charge on any atom is 0.0366 e. The van der Waals surface area contributed by atoms with Crippen LogP contribution in [-0.4, -0.2) is 0 Å².